The van der Waals surface area contributed by atoms with Crippen molar-refractivity contribution in [2.24, 2.45) is 0 Å². The van der Waals surface area contributed by atoms with Crippen LogP contribution in [0.3, 0.4) is 0 Å². The number of para-hydroxylation sites is 2. The van der Waals surface area contributed by atoms with E-state index in [1.807, 2.05) is 0 Å². The number of nitrogens with zero attached hydrogens (tertiary/aromatic N) is 3. The normalized spacial score (nSPS) is 16.5. The molecule has 1 atom stereocenters. The summed E-state index contributed by atoms with van der Waals surface area (Å²) in [5.41, 5.74) is 4.03. The zero-order valence-electron chi connectivity index (χ0n) is 15.2. The molecule has 2 aromatic rings. The molecule has 1 N–H and O–H groups in total. The molecular weight excluding hydrogens is 298 g/mol. The van der Waals surface area contributed by atoms with Crippen molar-refractivity contribution in [2.45, 2.75) is 12.6 Å². The van der Waals surface area contributed by atoms with Crippen LogP contribution in [0.1, 0.15) is 5.56 Å². The van der Waals surface area contributed by atoms with E-state index in [4.69, 9.17) is 5.11 Å². The summed E-state index contributed by atoms with van der Waals surface area (Å²) in [5, 5.41) is 7.00. The molecule has 0 radical (unpaired) electrons. The minimum absolute atomic E-state index is 0.508. The lowest BCUT2D eigenvalue weighted by Gasteiger charge is -2.44. The fourth-order valence-corrected chi connectivity index (χ4v) is 3.26. The summed E-state index contributed by atoms with van der Waals surface area (Å²) in [6.45, 7) is 3.09. The van der Waals surface area contributed by atoms with Gasteiger partial charge in [-0.1, -0.05) is 42.5 Å². The Morgan fingerprint density at radius 1 is 0.958 bits per heavy atom. The molecule has 130 valence electrons. The highest BCUT2D eigenvalue weighted by Gasteiger charge is 2.28. The summed E-state index contributed by atoms with van der Waals surface area (Å²) in [6.07, 6.45) is 0. The summed E-state index contributed by atoms with van der Waals surface area (Å²) < 4.78 is 0. The van der Waals surface area contributed by atoms with Crippen molar-refractivity contribution in [1.29, 1.82) is 0 Å². The van der Waals surface area contributed by atoms with Crippen LogP contribution in [0.2, 0.25) is 0 Å². The minimum Gasteiger partial charge on any atom is -0.400 e. The van der Waals surface area contributed by atoms with E-state index in [2.05, 4.69) is 90.4 Å². The Kier molecular flexibility index (Phi) is 6.64. The van der Waals surface area contributed by atoms with E-state index in [9.17, 15) is 0 Å². The highest BCUT2D eigenvalue weighted by atomic mass is 16.2. The maximum absolute atomic E-state index is 7.00. The van der Waals surface area contributed by atoms with Gasteiger partial charge in [0.1, 0.15) is 0 Å². The third-order valence-corrected chi connectivity index (χ3v) is 4.37. The van der Waals surface area contributed by atoms with E-state index in [1.54, 1.807) is 0 Å². The molecule has 0 fully saturated rings. The van der Waals surface area contributed by atoms with Gasteiger partial charge in [-0.05, 0) is 31.8 Å². The number of fused-ring (bicyclic) bond motifs is 1. The lowest BCUT2D eigenvalue weighted by atomic mass is 10.1. The second-order valence-electron chi connectivity index (χ2n) is 6.38. The average Bonchev–Trinajstić information content (AvgIpc) is 2.61. The van der Waals surface area contributed by atoms with Crippen molar-refractivity contribution in [3.8, 4) is 0 Å². The Labute approximate surface area is 145 Å². The van der Waals surface area contributed by atoms with Gasteiger partial charge in [-0.2, -0.15) is 0 Å². The Hall–Kier alpha value is -2.04. The molecule has 4 nitrogen and oxygen atoms in total. The van der Waals surface area contributed by atoms with Crippen LogP contribution >= 0.6 is 0 Å². The topological polar surface area (TPSA) is 30.0 Å². The van der Waals surface area contributed by atoms with Crippen LogP contribution in [-0.2, 0) is 6.54 Å². The number of rotatable bonds is 4. The van der Waals surface area contributed by atoms with Gasteiger partial charge in [0.25, 0.3) is 0 Å². The largest absolute Gasteiger partial charge is 0.400 e. The Morgan fingerprint density at radius 2 is 1.54 bits per heavy atom. The predicted octanol–water partition coefficient (Wildman–Crippen LogP) is 2.68. The summed E-state index contributed by atoms with van der Waals surface area (Å²) in [5.74, 6) is 0. The summed E-state index contributed by atoms with van der Waals surface area (Å²) in [4.78, 5) is 7.21. The van der Waals surface area contributed by atoms with E-state index in [0.29, 0.717) is 6.04 Å². The molecule has 0 bridgehead atoms. The first-order valence-electron chi connectivity index (χ1n) is 8.35. The number of hydrogen-bond acceptors (Lipinski definition) is 4. The standard InChI is InChI=1S/C19H25N3.CH4O/c1-20(2)14-17-15-22(13-16-9-5-4-6-10-16)19-12-8-7-11-18(19)21(17)3;1-2/h4-12,17H,13-15H2,1-3H3;2H,1H3. The van der Waals surface area contributed by atoms with E-state index >= 15 is 0 Å². The number of aliphatic hydroxyl groups excluding tert-OH is 1. The molecule has 0 amide bonds. The highest BCUT2D eigenvalue weighted by molar-refractivity contribution is 5.73. The summed E-state index contributed by atoms with van der Waals surface area (Å²) in [7, 11) is 7.51. The van der Waals surface area contributed by atoms with Gasteiger partial charge in [0.05, 0.1) is 17.4 Å². The zero-order chi connectivity index (χ0) is 17.5. The first-order chi connectivity index (χ1) is 11.6. The van der Waals surface area contributed by atoms with Crippen LogP contribution < -0.4 is 9.80 Å². The molecule has 1 aliphatic heterocycles. The molecule has 2 aromatic carbocycles. The second-order valence-corrected chi connectivity index (χ2v) is 6.38. The van der Waals surface area contributed by atoms with Crippen molar-refractivity contribution in [3.63, 3.8) is 0 Å². The lowest BCUT2D eigenvalue weighted by Crippen LogP contribution is -2.51. The van der Waals surface area contributed by atoms with Gasteiger partial charge in [0.2, 0.25) is 0 Å². The third kappa shape index (κ3) is 4.28. The molecule has 24 heavy (non-hydrogen) atoms. The number of benzene rings is 2. The third-order valence-electron chi connectivity index (χ3n) is 4.37. The van der Waals surface area contributed by atoms with E-state index in [-0.39, 0.29) is 0 Å². The van der Waals surface area contributed by atoms with Crippen molar-refractivity contribution in [3.05, 3.63) is 60.2 Å². The molecular formula is C20H29N3O. The number of aliphatic hydroxyl groups is 1. The first-order valence-corrected chi connectivity index (χ1v) is 8.35. The fraction of sp³-hybridized carbons (Fsp3) is 0.400. The second kappa shape index (κ2) is 8.71. The van der Waals surface area contributed by atoms with Crippen molar-refractivity contribution >= 4 is 11.4 Å². The van der Waals surface area contributed by atoms with Crippen LogP contribution in [0.4, 0.5) is 11.4 Å². The monoisotopic (exact) mass is 327 g/mol. The quantitative estimate of drug-likeness (QED) is 0.935. The number of anilines is 2. The summed E-state index contributed by atoms with van der Waals surface area (Å²) >= 11 is 0. The Balaban J connectivity index is 0.00000100. The van der Waals surface area contributed by atoms with Crippen LogP contribution in [-0.4, -0.2) is 57.4 Å². The minimum atomic E-state index is 0.508. The smallest absolute Gasteiger partial charge is 0.0607 e. The molecule has 1 aliphatic rings. The Bertz CT molecular complexity index is 615. The predicted molar refractivity (Wildman–Crippen MR) is 103 cm³/mol. The highest BCUT2D eigenvalue weighted by Crippen LogP contribution is 2.35. The van der Waals surface area contributed by atoms with Gasteiger partial charge in [0.15, 0.2) is 0 Å². The number of likely N-dealkylation sites (N-methyl/N-ethyl adjacent to an activating group) is 2. The Morgan fingerprint density at radius 3 is 2.17 bits per heavy atom. The lowest BCUT2D eigenvalue weighted by molar-refractivity contribution is 0.361. The zero-order valence-corrected chi connectivity index (χ0v) is 15.2. The molecule has 0 spiro atoms. The van der Waals surface area contributed by atoms with Crippen molar-refractivity contribution < 1.29 is 5.11 Å². The van der Waals surface area contributed by atoms with Gasteiger partial charge in [0, 0.05) is 33.8 Å². The van der Waals surface area contributed by atoms with Gasteiger partial charge in [-0.15, -0.1) is 0 Å². The van der Waals surface area contributed by atoms with E-state index in [1.165, 1.54) is 16.9 Å². The van der Waals surface area contributed by atoms with Gasteiger partial charge < -0.3 is 19.8 Å². The van der Waals surface area contributed by atoms with Gasteiger partial charge in [-0.25, -0.2) is 0 Å². The van der Waals surface area contributed by atoms with E-state index < -0.39 is 0 Å². The molecule has 0 saturated carbocycles. The molecule has 0 aliphatic carbocycles. The molecule has 0 aromatic heterocycles. The van der Waals surface area contributed by atoms with Gasteiger partial charge in [-0.3, -0.25) is 0 Å². The molecule has 0 saturated heterocycles. The summed E-state index contributed by atoms with van der Waals surface area (Å²) in [6, 6.07) is 20.0. The number of hydrogen-bond donors (Lipinski definition) is 1. The molecule has 4 heteroatoms. The maximum atomic E-state index is 7.00. The van der Waals surface area contributed by atoms with E-state index in [0.717, 1.165) is 26.7 Å². The van der Waals surface area contributed by atoms with Gasteiger partial charge >= 0.3 is 0 Å². The van der Waals surface area contributed by atoms with Crippen LogP contribution in [0, 0.1) is 0 Å². The fourth-order valence-electron chi connectivity index (χ4n) is 3.26. The SMILES string of the molecule is CN(C)CC1CN(Cc2ccccc2)c2ccccc2N1C.CO. The average molecular weight is 327 g/mol. The van der Waals surface area contributed by atoms with Crippen molar-refractivity contribution in [2.75, 3.05) is 51.1 Å². The van der Waals surface area contributed by atoms with Crippen LogP contribution in [0.25, 0.3) is 0 Å². The maximum Gasteiger partial charge on any atom is 0.0607 e. The van der Waals surface area contributed by atoms with Crippen molar-refractivity contribution in [1.82, 2.24) is 4.90 Å². The van der Waals surface area contributed by atoms with Crippen LogP contribution in [0.5, 0.6) is 0 Å². The molecule has 1 heterocycles. The molecule has 3 rings (SSSR count). The van der Waals surface area contributed by atoms with Crippen LogP contribution in [0.15, 0.2) is 54.6 Å². The molecule has 1 unspecified atom stereocenters. The first kappa shape index (κ1) is 18.3.